The Hall–Kier alpha value is -3.61. The van der Waals surface area contributed by atoms with Crippen LogP contribution in [0.2, 0.25) is 0 Å². The molecule has 2 aromatic carbocycles. The molecule has 3 atom stereocenters. The van der Waals surface area contributed by atoms with Crippen LogP contribution in [0.4, 0.5) is 15.8 Å². The number of hydrogen-bond acceptors (Lipinski definition) is 4. The van der Waals surface area contributed by atoms with Crippen LogP contribution in [0.15, 0.2) is 60.3 Å². The highest BCUT2D eigenvalue weighted by Gasteiger charge is 2.43. The third-order valence-corrected chi connectivity index (χ3v) is 10.2. The van der Waals surface area contributed by atoms with Gasteiger partial charge in [-0.1, -0.05) is 50.1 Å². The van der Waals surface area contributed by atoms with Crippen LogP contribution in [-0.2, 0) is 11.2 Å². The lowest BCUT2D eigenvalue weighted by Gasteiger charge is -2.44. The lowest BCUT2D eigenvalue weighted by atomic mass is 9.77. The first kappa shape index (κ1) is 30.4. The quantitative estimate of drug-likeness (QED) is 0.339. The zero-order valence-corrected chi connectivity index (χ0v) is 26.3. The van der Waals surface area contributed by atoms with E-state index in [-0.39, 0.29) is 29.3 Å². The van der Waals surface area contributed by atoms with Gasteiger partial charge >= 0.3 is 0 Å². The molecule has 2 aromatic rings. The number of likely N-dealkylation sites (tertiary alicyclic amines) is 1. The molecule has 6 rings (SSSR count). The van der Waals surface area contributed by atoms with Gasteiger partial charge in [0.05, 0.1) is 17.5 Å². The Morgan fingerprint density at radius 1 is 0.977 bits per heavy atom. The Balaban J connectivity index is 1.27. The zero-order valence-electron chi connectivity index (χ0n) is 26.3. The molecule has 7 heteroatoms. The topological polar surface area (TPSA) is 64.7 Å². The molecule has 1 saturated carbocycles. The van der Waals surface area contributed by atoms with Crippen molar-refractivity contribution >= 4 is 23.2 Å². The molecule has 1 unspecified atom stereocenters. The van der Waals surface area contributed by atoms with Crippen LogP contribution in [0.5, 0.6) is 0 Å². The Kier molecular flexibility index (Phi) is 9.39. The molecule has 2 aliphatic carbocycles. The van der Waals surface area contributed by atoms with E-state index in [1.54, 1.807) is 24.0 Å². The molecule has 0 radical (unpaired) electrons. The van der Waals surface area contributed by atoms with Crippen LogP contribution in [-0.4, -0.2) is 48.4 Å². The summed E-state index contributed by atoms with van der Waals surface area (Å²) in [5.74, 6) is -1.35. The Morgan fingerprint density at radius 3 is 2.48 bits per heavy atom. The van der Waals surface area contributed by atoms with Crippen LogP contribution >= 0.6 is 0 Å². The van der Waals surface area contributed by atoms with Crippen LogP contribution in [0.1, 0.15) is 86.2 Å². The lowest BCUT2D eigenvalue weighted by Crippen LogP contribution is -2.55. The van der Waals surface area contributed by atoms with E-state index >= 15 is 4.39 Å². The van der Waals surface area contributed by atoms with Gasteiger partial charge in [0.1, 0.15) is 5.82 Å². The molecule has 2 heterocycles. The first-order valence-electron chi connectivity index (χ1n) is 16.8. The summed E-state index contributed by atoms with van der Waals surface area (Å²) in [5, 5.41) is 6.93. The molecule has 2 amide bonds. The maximum absolute atomic E-state index is 15.1. The number of benzene rings is 2. The fourth-order valence-corrected chi connectivity index (χ4v) is 7.85. The average Bonchev–Trinajstić information content (AvgIpc) is 3.76. The standard InChI is InChI=1S/C37H47FN4O2/c1-3-26-15-20-30(24-33(26)41-21-6-7-22-41)40-36(43)31-13-9-23-42(37(44)34-25(2)10-8-14-32(34)38)35(31)27-16-18-29(19-17-27)39-28-11-4-5-12-28/h8,10,14-16,18-20,24,27-28,31,35,39H,3-7,9,11-13,17,21-23H2,1-2H3,(H,40,43)/t27?,31-,35-/m0/s1. The van der Waals surface area contributed by atoms with Gasteiger partial charge in [0.2, 0.25) is 5.91 Å². The molecule has 2 N–H and O–H groups in total. The van der Waals surface area contributed by atoms with Crippen LogP contribution in [0.3, 0.4) is 0 Å². The van der Waals surface area contributed by atoms with Crippen LogP contribution in [0.25, 0.3) is 0 Å². The molecule has 0 aromatic heterocycles. The highest BCUT2D eigenvalue weighted by atomic mass is 19.1. The summed E-state index contributed by atoms with van der Waals surface area (Å²) in [4.78, 5) is 32.4. The molecule has 2 aliphatic heterocycles. The minimum atomic E-state index is -0.507. The second-order valence-electron chi connectivity index (χ2n) is 13.1. The largest absolute Gasteiger partial charge is 0.383 e. The van der Waals surface area contributed by atoms with E-state index < -0.39 is 11.7 Å². The maximum Gasteiger partial charge on any atom is 0.257 e. The number of carbonyl (C=O) groups is 2. The fourth-order valence-electron chi connectivity index (χ4n) is 7.85. The Morgan fingerprint density at radius 2 is 1.77 bits per heavy atom. The molecule has 0 spiro atoms. The molecule has 3 fully saturated rings. The molecule has 2 saturated heterocycles. The number of aryl methyl sites for hydroxylation is 2. The minimum Gasteiger partial charge on any atom is -0.383 e. The number of hydrogen-bond donors (Lipinski definition) is 2. The monoisotopic (exact) mass is 598 g/mol. The van der Waals surface area contributed by atoms with Gasteiger partial charge in [-0.2, -0.15) is 0 Å². The Labute approximate surface area is 261 Å². The van der Waals surface area contributed by atoms with Gasteiger partial charge in [-0.3, -0.25) is 9.59 Å². The van der Waals surface area contributed by atoms with Gasteiger partial charge in [0.15, 0.2) is 0 Å². The highest BCUT2D eigenvalue weighted by molar-refractivity contribution is 5.98. The number of nitrogens with zero attached hydrogens (tertiary/aromatic N) is 2. The number of rotatable bonds is 8. The summed E-state index contributed by atoms with van der Waals surface area (Å²) >= 11 is 0. The van der Waals surface area contributed by atoms with E-state index in [1.165, 1.54) is 55.8 Å². The third-order valence-electron chi connectivity index (χ3n) is 10.2. The highest BCUT2D eigenvalue weighted by Crippen LogP contribution is 2.37. The summed E-state index contributed by atoms with van der Waals surface area (Å²) < 4.78 is 15.1. The molecule has 44 heavy (non-hydrogen) atoms. The fraction of sp³-hybridized carbons (Fsp3) is 0.514. The zero-order chi connectivity index (χ0) is 30.6. The smallest absolute Gasteiger partial charge is 0.257 e. The van der Waals surface area contributed by atoms with Crippen molar-refractivity contribution in [2.24, 2.45) is 11.8 Å². The second kappa shape index (κ2) is 13.6. The summed E-state index contributed by atoms with van der Waals surface area (Å²) in [6.45, 7) is 6.54. The number of carbonyl (C=O) groups excluding carboxylic acids is 2. The van der Waals surface area contributed by atoms with Gasteiger partial charge < -0.3 is 20.4 Å². The van der Waals surface area contributed by atoms with Crippen molar-refractivity contribution in [1.29, 1.82) is 0 Å². The van der Waals surface area contributed by atoms with Crippen molar-refractivity contribution in [2.45, 2.75) is 90.1 Å². The van der Waals surface area contributed by atoms with Gasteiger partial charge in [-0.25, -0.2) is 4.39 Å². The minimum absolute atomic E-state index is 0.0427. The number of anilines is 2. The van der Waals surface area contributed by atoms with Crippen molar-refractivity contribution in [1.82, 2.24) is 10.2 Å². The van der Waals surface area contributed by atoms with Crippen molar-refractivity contribution in [3.63, 3.8) is 0 Å². The normalized spacial score (nSPS) is 24.0. The summed E-state index contributed by atoms with van der Waals surface area (Å²) in [5.41, 5.74) is 5.15. The summed E-state index contributed by atoms with van der Waals surface area (Å²) in [7, 11) is 0. The van der Waals surface area contributed by atoms with E-state index in [4.69, 9.17) is 0 Å². The van der Waals surface area contributed by atoms with E-state index in [1.807, 2.05) is 6.07 Å². The first-order chi connectivity index (χ1) is 21.4. The van der Waals surface area contributed by atoms with Crippen molar-refractivity contribution < 1.29 is 14.0 Å². The summed E-state index contributed by atoms with van der Waals surface area (Å²) in [6.07, 6.45) is 16.9. The second-order valence-corrected chi connectivity index (χ2v) is 13.1. The van der Waals surface area contributed by atoms with Gasteiger partial charge in [0.25, 0.3) is 5.91 Å². The Bertz CT molecular complexity index is 1400. The molecule has 6 nitrogen and oxygen atoms in total. The third kappa shape index (κ3) is 6.43. The first-order valence-corrected chi connectivity index (χ1v) is 16.8. The van der Waals surface area contributed by atoms with Crippen LogP contribution in [0, 0.1) is 24.6 Å². The number of allylic oxidation sites excluding steroid dienone is 2. The van der Waals surface area contributed by atoms with Crippen molar-refractivity contribution in [3.8, 4) is 0 Å². The van der Waals surface area contributed by atoms with E-state index in [0.29, 0.717) is 31.0 Å². The van der Waals surface area contributed by atoms with E-state index in [9.17, 15) is 9.59 Å². The summed E-state index contributed by atoms with van der Waals surface area (Å²) in [6, 6.07) is 11.2. The SMILES string of the molecule is CCc1ccc(NC(=O)[C@H]2CCCN(C(=O)c3c(C)cccc3F)[C@H]2C2C=CC(NC3CCCC3)=CC2)cc1N1CCCC1. The number of piperidine rings is 1. The molecular formula is C37H47FN4O2. The van der Waals surface area contributed by atoms with Crippen molar-refractivity contribution in [2.75, 3.05) is 29.9 Å². The number of amides is 2. The number of nitrogens with one attached hydrogen (secondary N) is 2. The van der Waals surface area contributed by atoms with Gasteiger partial charge in [0, 0.05) is 48.7 Å². The van der Waals surface area contributed by atoms with E-state index in [0.717, 1.165) is 37.3 Å². The maximum atomic E-state index is 15.1. The molecule has 4 aliphatic rings. The average molecular weight is 599 g/mol. The van der Waals surface area contributed by atoms with Crippen molar-refractivity contribution in [3.05, 3.63) is 82.8 Å². The molecule has 234 valence electrons. The van der Waals surface area contributed by atoms with E-state index in [2.05, 4.69) is 52.8 Å². The van der Waals surface area contributed by atoms with Gasteiger partial charge in [-0.05, 0) is 93.7 Å². The number of halogens is 1. The molecule has 0 bridgehead atoms. The van der Waals surface area contributed by atoms with Crippen LogP contribution < -0.4 is 15.5 Å². The van der Waals surface area contributed by atoms with Gasteiger partial charge in [-0.15, -0.1) is 0 Å². The predicted octanol–water partition coefficient (Wildman–Crippen LogP) is 7.15. The molecular weight excluding hydrogens is 551 g/mol. The lowest BCUT2D eigenvalue weighted by molar-refractivity contribution is -0.123. The predicted molar refractivity (Wildman–Crippen MR) is 175 cm³/mol.